The van der Waals surface area contributed by atoms with Crippen molar-refractivity contribution in [2.24, 2.45) is 0 Å². The summed E-state index contributed by atoms with van der Waals surface area (Å²) < 4.78 is 6.47. The summed E-state index contributed by atoms with van der Waals surface area (Å²) in [5, 5.41) is 0. The molecule has 1 nitrogen and oxygen atoms in total. The Hall–Kier alpha value is 1.81. The van der Waals surface area contributed by atoms with E-state index in [1.54, 1.807) is 0 Å². The van der Waals surface area contributed by atoms with Crippen LogP contribution in [-0.2, 0) is 5.41 Å². The van der Waals surface area contributed by atoms with Crippen LogP contribution in [0.4, 0.5) is 5.69 Å². The van der Waals surface area contributed by atoms with E-state index < -0.39 is 0 Å². The first kappa shape index (κ1) is 16.9. The van der Waals surface area contributed by atoms with Gasteiger partial charge in [0.05, 0.1) is 11.0 Å². The minimum atomic E-state index is 0. The molecule has 0 aromatic heterocycles. The van der Waals surface area contributed by atoms with Crippen molar-refractivity contribution in [3.05, 3.63) is 22.3 Å². The van der Waals surface area contributed by atoms with Gasteiger partial charge in [-0.05, 0) is 81.6 Å². The Kier molecular flexibility index (Phi) is 5.62. The Balaban J connectivity index is 0.00000144. The smallest absolute Gasteiger partial charge is 0.211 e. The topological polar surface area (TPSA) is 3.01 Å². The maximum atomic E-state index is 2.49. The molecule has 17 heavy (non-hydrogen) atoms. The third-order valence-corrected chi connectivity index (χ3v) is 8.65. The predicted octanol–water partition coefficient (Wildman–Crippen LogP) is 1.53. The van der Waals surface area contributed by atoms with E-state index in [1.807, 2.05) is 0 Å². The zero-order chi connectivity index (χ0) is 12.2. The standard InChI is InChI=1S/C12H13I3N.HI/c1-6-12(2,3)9-8(16(6)4)5-7(13)10(14)11(9)15;/h5H,1-4H3;1H/q+1;/p-1. The Bertz CT molecular complexity index is 518. The molecule has 0 fully saturated rings. The van der Waals surface area contributed by atoms with Gasteiger partial charge in [0.25, 0.3) is 0 Å². The van der Waals surface area contributed by atoms with Crippen molar-refractivity contribution in [1.29, 1.82) is 0 Å². The fraction of sp³-hybridized carbons (Fsp3) is 0.417. The number of fused-ring (bicyclic) bond motifs is 1. The summed E-state index contributed by atoms with van der Waals surface area (Å²) in [5.41, 5.74) is 4.44. The van der Waals surface area contributed by atoms with Crippen LogP contribution < -0.4 is 24.0 Å². The molecule has 1 aromatic carbocycles. The molecule has 0 N–H and O–H groups in total. The van der Waals surface area contributed by atoms with E-state index in [0.717, 1.165) is 0 Å². The van der Waals surface area contributed by atoms with Gasteiger partial charge in [-0.25, -0.2) is 4.58 Å². The maximum absolute atomic E-state index is 2.49. The first-order chi connectivity index (χ1) is 7.28. The molecular formula is C12H13I4N. The van der Waals surface area contributed by atoms with Gasteiger partial charge in [0.15, 0.2) is 5.71 Å². The highest BCUT2D eigenvalue weighted by molar-refractivity contribution is 14.1. The molecule has 0 bridgehead atoms. The summed E-state index contributed by atoms with van der Waals surface area (Å²) in [6, 6.07) is 2.30. The minimum absolute atomic E-state index is 0. The van der Waals surface area contributed by atoms with Crippen LogP contribution in [-0.4, -0.2) is 17.3 Å². The first-order valence-electron chi connectivity index (χ1n) is 5.04. The molecule has 0 radical (unpaired) electrons. The van der Waals surface area contributed by atoms with Gasteiger partial charge in [-0.15, -0.1) is 0 Å². The number of halogens is 4. The Labute approximate surface area is 161 Å². The van der Waals surface area contributed by atoms with Crippen LogP contribution in [0.1, 0.15) is 26.3 Å². The molecule has 2 rings (SSSR count). The summed E-state index contributed by atoms with van der Waals surface area (Å²) in [5.74, 6) is 0. The number of hydrogen-bond donors (Lipinski definition) is 0. The summed E-state index contributed by atoms with van der Waals surface area (Å²) in [4.78, 5) is 0. The third-order valence-electron chi connectivity index (χ3n) is 3.54. The molecule has 5 heteroatoms. The van der Waals surface area contributed by atoms with Crippen molar-refractivity contribution in [1.82, 2.24) is 0 Å². The van der Waals surface area contributed by atoms with Crippen LogP contribution in [0.2, 0.25) is 0 Å². The first-order valence-corrected chi connectivity index (χ1v) is 8.27. The van der Waals surface area contributed by atoms with Crippen LogP contribution in [0.25, 0.3) is 0 Å². The van der Waals surface area contributed by atoms with E-state index in [2.05, 4.69) is 106 Å². The monoisotopic (exact) mass is 679 g/mol. The lowest BCUT2D eigenvalue weighted by molar-refractivity contribution is -0.403. The van der Waals surface area contributed by atoms with Crippen LogP contribution in [0, 0.1) is 10.7 Å². The third kappa shape index (κ3) is 2.55. The van der Waals surface area contributed by atoms with Gasteiger partial charge in [-0.2, -0.15) is 0 Å². The number of nitrogens with zero attached hydrogens (tertiary/aromatic N) is 1. The van der Waals surface area contributed by atoms with Crippen LogP contribution in [0.3, 0.4) is 0 Å². The van der Waals surface area contributed by atoms with Gasteiger partial charge in [0, 0.05) is 23.7 Å². The summed E-state index contributed by atoms with van der Waals surface area (Å²) in [7, 11) is 2.17. The zero-order valence-corrected chi connectivity index (χ0v) is 18.7. The second kappa shape index (κ2) is 5.66. The molecule has 0 aliphatic carbocycles. The summed E-state index contributed by atoms with van der Waals surface area (Å²) in [6.45, 7) is 6.86. The van der Waals surface area contributed by atoms with Crippen LogP contribution in [0.15, 0.2) is 6.07 Å². The largest absolute Gasteiger partial charge is 1.00 e. The SMILES string of the molecule is CC1=[N+](C)c2cc(I)c(I)c(I)c2C1(C)C.[I-]. The van der Waals surface area contributed by atoms with Crippen molar-refractivity contribution in [2.75, 3.05) is 7.05 Å². The summed E-state index contributed by atoms with van der Waals surface area (Å²) in [6.07, 6.45) is 0. The van der Waals surface area contributed by atoms with Crippen molar-refractivity contribution in [3.63, 3.8) is 0 Å². The summed E-state index contributed by atoms with van der Waals surface area (Å²) >= 11 is 7.36. The molecule has 1 aliphatic heterocycles. The number of benzene rings is 1. The van der Waals surface area contributed by atoms with E-state index >= 15 is 0 Å². The van der Waals surface area contributed by atoms with Crippen LogP contribution in [0.5, 0.6) is 0 Å². The number of rotatable bonds is 0. The van der Waals surface area contributed by atoms with Crippen molar-refractivity contribution < 1.29 is 28.6 Å². The van der Waals surface area contributed by atoms with E-state index in [9.17, 15) is 0 Å². The molecule has 1 aromatic rings. The quantitative estimate of drug-likeness (QED) is 0.223. The van der Waals surface area contributed by atoms with Gasteiger partial charge in [0.2, 0.25) is 5.69 Å². The lowest BCUT2D eigenvalue weighted by atomic mass is 9.82. The average molecular weight is 679 g/mol. The highest BCUT2D eigenvalue weighted by Gasteiger charge is 2.44. The van der Waals surface area contributed by atoms with Gasteiger partial charge >= 0.3 is 0 Å². The molecule has 94 valence electrons. The minimum Gasteiger partial charge on any atom is -1.00 e. The Morgan fingerprint density at radius 3 is 2.18 bits per heavy atom. The second-order valence-electron chi connectivity index (χ2n) is 4.65. The van der Waals surface area contributed by atoms with E-state index in [4.69, 9.17) is 0 Å². The van der Waals surface area contributed by atoms with E-state index in [-0.39, 0.29) is 29.4 Å². The Morgan fingerprint density at radius 2 is 1.65 bits per heavy atom. The highest BCUT2D eigenvalue weighted by atomic mass is 127. The molecule has 0 saturated carbocycles. The molecule has 1 aliphatic rings. The predicted molar refractivity (Wildman–Crippen MR) is 94.1 cm³/mol. The molecule has 0 spiro atoms. The molecular weight excluding hydrogens is 666 g/mol. The molecule has 1 heterocycles. The molecule has 0 saturated heterocycles. The lowest BCUT2D eigenvalue weighted by Crippen LogP contribution is -3.00. The van der Waals surface area contributed by atoms with Crippen molar-refractivity contribution >= 4 is 79.2 Å². The number of hydrogen-bond acceptors (Lipinski definition) is 0. The second-order valence-corrected chi connectivity index (χ2v) is 7.97. The normalized spacial score (nSPS) is 16.9. The van der Waals surface area contributed by atoms with E-state index in [1.165, 1.54) is 27.7 Å². The average Bonchev–Trinajstić information content (AvgIpc) is 2.37. The maximum Gasteiger partial charge on any atom is 0.211 e. The molecule has 0 amide bonds. The van der Waals surface area contributed by atoms with Crippen molar-refractivity contribution in [3.8, 4) is 0 Å². The molecule has 0 unspecified atom stereocenters. The fourth-order valence-electron chi connectivity index (χ4n) is 2.22. The molecule has 0 atom stereocenters. The van der Waals surface area contributed by atoms with Gasteiger partial charge < -0.3 is 24.0 Å². The highest BCUT2D eigenvalue weighted by Crippen LogP contribution is 2.44. The van der Waals surface area contributed by atoms with Gasteiger partial charge in [0.1, 0.15) is 7.05 Å². The Morgan fingerprint density at radius 1 is 1.12 bits per heavy atom. The van der Waals surface area contributed by atoms with E-state index in [0.29, 0.717) is 0 Å². The zero-order valence-electron chi connectivity index (χ0n) is 10.0. The van der Waals surface area contributed by atoms with Crippen LogP contribution >= 0.6 is 67.8 Å². The van der Waals surface area contributed by atoms with Crippen molar-refractivity contribution in [2.45, 2.75) is 26.2 Å². The lowest BCUT2D eigenvalue weighted by Gasteiger charge is -2.17. The van der Waals surface area contributed by atoms with Gasteiger partial charge in [-0.1, -0.05) is 0 Å². The fourth-order valence-corrected chi connectivity index (χ4v) is 4.97. The van der Waals surface area contributed by atoms with Gasteiger partial charge in [-0.3, -0.25) is 0 Å².